The van der Waals surface area contributed by atoms with E-state index in [1.165, 1.54) is 6.07 Å². The summed E-state index contributed by atoms with van der Waals surface area (Å²) in [5.74, 6) is 5.09. The van der Waals surface area contributed by atoms with Gasteiger partial charge in [-0.1, -0.05) is 18.2 Å². The topological polar surface area (TPSA) is 38.0 Å². The molecule has 0 aromatic heterocycles. The van der Waals surface area contributed by atoms with Crippen molar-refractivity contribution in [1.82, 2.24) is 5.43 Å². The zero-order valence-corrected chi connectivity index (χ0v) is 9.44. The second-order valence-corrected chi connectivity index (χ2v) is 3.97. The quantitative estimate of drug-likeness (QED) is 0.497. The van der Waals surface area contributed by atoms with Crippen LogP contribution >= 0.6 is 15.9 Å². The lowest BCUT2D eigenvalue weighted by Gasteiger charge is -2.16. The van der Waals surface area contributed by atoms with Gasteiger partial charge >= 0.3 is 0 Å². The van der Waals surface area contributed by atoms with Crippen molar-refractivity contribution in [2.24, 2.45) is 5.84 Å². The number of hydrogen-bond acceptors (Lipinski definition) is 2. The average Bonchev–Trinajstić information content (AvgIpc) is 2.11. The fraction of sp³-hybridized carbons (Fsp3) is 0.200. The van der Waals surface area contributed by atoms with Gasteiger partial charge in [0, 0.05) is 0 Å². The molecule has 14 heavy (non-hydrogen) atoms. The van der Waals surface area contributed by atoms with Gasteiger partial charge in [0.15, 0.2) is 0 Å². The Balaban J connectivity index is 3.06. The summed E-state index contributed by atoms with van der Waals surface area (Å²) in [7, 11) is 0. The molecule has 0 fully saturated rings. The van der Waals surface area contributed by atoms with Crippen molar-refractivity contribution >= 4 is 15.9 Å². The molecule has 0 heterocycles. The van der Waals surface area contributed by atoms with Crippen LogP contribution in [0, 0.1) is 5.82 Å². The SMILES string of the molecule is C=C(C)C(NN)c1ccc(F)c(Br)c1. The Labute approximate surface area is 91.1 Å². The van der Waals surface area contributed by atoms with Gasteiger partial charge in [0.2, 0.25) is 0 Å². The van der Waals surface area contributed by atoms with Crippen molar-refractivity contribution in [3.8, 4) is 0 Å². The maximum Gasteiger partial charge on any atom is 0.137 e. The molecule has 1 aromatic rings. The summed E-state index contributed by atoms with van der Waals surface area (Å²) >= 11 is 3.12. The van der Waals surface area contributed by atoms with Crippen molar-refractivity contribution in [3.05, 3.63) is 46.2 Å². The minimum absolute atomic E-state index is 0.146. The van der Waals surface area contributed by atoms with E-state index in [1.54, 1.807) is 12.1 Å². The second-order valence-electron chi connectivity index (χ2n) is 3.12. The fourth-order valence-corrected chi connectivity index (χ4v) is 1.61. The number of nitrogens with two attached hydrogens (primary N) is 1. The first-order chi connectivity index (χ1) is 6.56. The Morgan fingerprint density at radius 1 is 1.64 bits per heavy atom. The third kappa shape index (κ3) is 2.41. The standard InChI is InChI=1S/C10H12BrFN2/c1-6(2)10(14-13)7-3-4-9(12)8(11)5-7/h3-5,10,14H,1,13H2,2H3. The molecule has 0 aliphatic heterocycles. The second kappa shape index (κ2) is 4.68. The van der Waals surface area contributed by atoms with Gasteiger partial charge < -0.3 is 0 Å². The van der Waals surface area contributed by atoms with E-state index in [-0.39, 0.29) is 11.9 Å². The highest BCUT2D eigenvalue weighted by Gasteiger charge is 2.11. The first-order valence-electron chi connectivity index (χ1n) is 4.12. The lowest BCUT2D eigenvalue weighted by molar-refractivity contribution is 0.606. The van der Waals surface area contributed by atoms with Gasteiger partial charge in [0.25, 0.3) is 0 Å². The maximum absolute atomic E-state index is 12.9. The van der Waals surface area contributed by atoms with Gasteiger partial charge in [-0.3, -0.25) is 5.84 Å². The van der Waals surface area contributed by atoms with Crippen molar-refractivity contribution in [2.75, 3.05) is 0 Å². The lowest BCUT2D eigenvalue weighted by Crippen LogP contribution is -2.28. The minimum Gasteiger partial charge on any atom is -0.271 e. The van der Waals surface area contributed by atoms with Gasteiger partial charge in [0.1, 0.15) is 5.82 Å². The first kappa shape index (κ1) is 11.4. The van der Waals surface area contributed by atoms with E-state index in [0.717, 1.165) is 11.1 Å². The van der Waals surface area contributed by atoms with Gasteiger partial charge in [-0.05, 0) is 40.5 Å². The molecule has 4 heteroatoms. The number of halogens is 2. The molecular formula is C10H12BrFN2. The Bertz CT molecular complexity index is 352. The van der Waals surface area contributed by atoms with Gasteiger partial charge in [-0.2, -0.15) is 0 Å². The fourth-order valence-electron chi connectivity index (χ4n) is 1.21. The molecule has 0 radical (unpaired) electrons. The predicted octanol–water partition coefficient (Wildman–Crippen LogP) is 2.67. The molecule has 0 aliphatic carbocycles. The highest BCUT2D eigenvalue weighted by atomic mass is 79.9. The van der Waals surface area contributed by atoms with E-state index in [1.807, 2.05) is 6.92 Å². The normalized spacial score (nSPS) is 12.6. The number of rotatable bonds is 3. The maximum atomic E-state index is 12.9. The van der Waals surface area contributed by atoms with Crippen LogP contribution in [0.5, 0.6) is 0 Å². The predicted molar refractivity (Wildman–Crippen MR) is 59.0 cm³/mol. The molecule has 0 aliphatic rings. The molecule has 1 atom stereocenters. The van der Waals surface area contributed by atoms with Gasteiger partial charge in [-0.15, -0.1) is 0 Å². The Morgan fingerprint density at radius 3 is 2.71 bits per heavy atom. The monoisotopic (exact) mass is 258 g/mol. The zero-order chi connectivity index (χ0) is 10.7. The third-order valence-corrected chi connectivity index (χ3v) is 2.54. The molecule has 76 valence electrons. The lowest BCUT2D eigenvalue weighted by atomic mass is 10.0. The van der Waals surface area contributed by atoms with Crippen LogP contribution in [-0.4, -0.2) is 0 Å². The van der Waals surface area contributed by atoms with Crippen LogP contribution in [0.25, 0.3) is 0 Å². The van der Waals surface area contributed by atoms with E-state index >= 15 is 0 Å². The van der Waals surface area contributed by atoms with Crippen LogP contribution < -0.4 is 11.3 Å². The largest absolute Gasteiger partial charge is 0.271 e. The van der Waals surface area contributed by atoms with E-state index in [0.29, 0.717) is 4.47 Å². The molecular weight excluding hydrogens is 247 g/mol. The summed E-state index contributed by atoms with van der Waals surface area (Å²) in [4.78, 5) is 0. The smallest absolute Gasteiger partial charge is 0.137 e. The Morgan fingerprint density at radius 2 is 2.29 bits per heavy atom. The van der Waals surface area contributed by atoms with Crippen LogP contribution in [0.3, 0.4) is 0 Å². The summed E-state index contributed by atoms with van der Waals surface area (Å²) in [6.45, 7) is 5.67. The minimum atomic E-state index is -0.286. The molecule has 2 nitrogen and oxygen atoms in total. The molecule has 0 saturated heterocycles. The van der Waals surface area contributed by atoms with Crippen LogP contribution in [0.4, 0.5) is 4.39 Å². The van der Waals surface area contributed by atoms with Gasteiger partial charge in [0.05, 0.1) is 10.5 Å². The van der Waals surface area contributed by atoms with Crippen molar-refractivity contribution in [2.45, 2.75) is 13.0 Å². The summed E-state index contributed by atoms with van der Waals surface area (Å²) in [6, 6.07) is 4.62. The Kier molecular flexibility index (Phi) is 3.80. The van der Waals surface area contributed by atoms with Crippen molar-refractivity contribution < 1.29 is 4.39 Å². The van der Waals surface area contributed by atoms with Crippen molar-refractivity contribution in [1.29, 1.82) is 0 Å². The van der Waals surface area contributed by atoms with E-state index < -0.39 is 0 Å². The van der Waals surface area contributed by atoms with E-state index in [4.69, 9.17) is 5.84 Å². The Hall–Kier alpha value is -0.710. The molecule has 0 saturated carbocycles. The first-order valence-corrected chi connectivity index (χ1v) is 4.92. The molecule has 0 amide bonds. The van der Waals surface area contributed by atoms with E-state index in [9.17, 15) is 4.39 Å². The molecule has 0 spiro atoms. The molecule has 1 rings (SSSR count). The van der Waals surface area contributed by atoms with Gasteiger partial charge in [-0.25, -0.2) is 9.82 Å². The number of hydrogen-bond donors (Lipinski definition) is 2. The number of hydrazine groups is 1. The van der Waals surface area contributed by atoms with Crippen LogP contribution in [-0.2, 0) is 0 Å². The van der Waals surface area contributed by atoms with Crippen molar-refractivity contribution in [3.63, 3.8) is 0 Å². The molecule has 3 N–H and O–H groups in total. The van der Waals surface area contributed by atoms with Crippen LogP contribution in [0.2, 0.25) is 0 Å². The highest BCUT2D eigenvalue weighted by molar-refractivity contribution is 9.10. The van der Waals surface area contributed by atoms with Crippen LogP contribution in [0.15, 0.2) is 34.8 Å². The molecule has 1 aromatic carbocycles. The summed E-state index contributed by atoms with van der Waals surface area (Å²) in [6.07, 6.45) is 0. The third-order valence-electron chi connectivity index (χ3n) is 1.94. The molecule has 0 bridgehead atoms. The van der Waals surface area contributed by atoms with Crippen LogP contribution in [0.1, 0.15) is 18.5 Å². The highest BCUT2D eigenvalue weighted by Crippen LogP contribution is 2.24. The average molecular weight is 259 g/mol. The summed E-state index contributed by atoms with van der Waals surface area (Å²) in [5.41, 5.74) is 4.38. The molecule has 1 unspecified atom stereocenters. The summed E-state index contributed by atoms with van der Waals surface area (Å²) in [5, 5.41) is 0. The number of benzene rings is 1. The van der Waals surface area contributed by atoms with E-state index in [2.05, 4.69) is 27.9 Å². The number of nitrogens with one attached hydrogen (secondary N) is 1. The zero-order valence-electron chi connectivity index (χ0n) is 7.85. The summed E-state index contributed by atoms with van der Waals surface area (Å²) < 4.78 is 13.4.